The van der Waals surface area contributed by atoms with Gasteiger partial charge in [0.1, 0.15) is 0 Å². The first kappa shape index (κ1) is 13.5. The Morgan fingerprint density at radius 1 is 1.47 bits per heavy atom. The summed E-state index contributed by atoms with van der Waals surface area (Å²) in [5.74, 6) is -1.72. The minimum Gasteiger partial charge on any atom is -0.475 e. The summed E-state index contributed by atoms with van der Waals surface area (Å²) >= 11 is 0. The van der Waals surface area contributed by atoms with Crippen LogP contribution < -0.4 is 4.72 Å². The van der Waals surface area contributed by atoms with Gasteiger partial charge in [-0.25, -0.2) is 17.9 Å². The van der Waals surface area contributed by atoms with Crippen molar-refractivity contribution in [2.45, 2.75) is 18.9 Å². The number of aromatic carboxylic acids is 1. The van der Waals surface area contributed by atoms with Crippen molar-refractivity contribution in [3.8, 4) is 0 Å². The summed E-state index contributed by atoms with van der Waals surface area (Å²) in [6, 6.07) is 2.20. The van der Waals surface area contributed by atoms with Crippen LogP contribution in [0.25, 0.3) is 0 Å². The average molecular weight is 259 g/mol. The lowest BCUT2D eigenvalue weighted by atomic mass is 10.3. The van der Waals surface area contributed by atoms with Crippen molar-refractivity contribution in [1.82, 2.24) is 4.72 Å². The molecule has 0 saturated heterocycles. The highest BCUT2D eigenvalue weighted by Gasteiger charge is 2.19. The third-order valence-electron chi connectivity index (χ3n) is 1.84. The number of sulfonamides is 1. The van der Waals surface area contributed by atoms with Crippen LogP contribution in [0.2, 0.25) is 0 Å². The third kappa shape index (κ3) is 3.72. The molecule has 0 aliphatic carbocycles. The van der Waals surface area contributed by atoms with Crippen molar-refractivity contribution in [2.75, 3.05) is 6.54 Å². The molecule has 1 aromatic rings. The second-order valence-corrected chi connectivity index (χ2v) is 5.26. The topological polar surface area (TPSA) is 96.6 Å². The average Bonchev–Trinajstić information content (AvgIpc) is 2.65. The lowest BCUT2D eigenvalue weighted by Crippen LogP contribution is -2.23. The third-order valence-corrected chi connectivity index (χ3v) is 3.14. The van der Waals surface area contributed by atoms with Gasteiger partial charge in [-0.2, -0.15) is 0 Å². The highest BCUT2D eigenvalue weighted by Crippen LogP contribution is 2.13. The largest absolute Gasteiger partial charge is 0.475 e. The van der Waals surface area contributed by atoms with Crippen LogP contribution in [-0.4, -0.2) is 26.0 Å². The molecule has 7 heteroatoms. The van der Waals surface area contributed by atoms with E-state index in [9.17, 15) is 13.2 Å². The molecule has 0 bridgehead atoms. The molecule has 0 aliphatic rings. The SMILES string of the molecule is CC(C)=CCNS(=O)(=O)c1ccc(C(=O)O)o1. The van der Waals surface area contributed by atoms with E-state index in [1.165, 1.54) is 0 Å². The Morgan fingerprint density at radius 2 is 2.12 bits per heavy atom. The fourth-order valence-corrected chi connectivity index (χ4v) is 1.90. The maximum absolute atomic E-state index is 11.6. The van der Waals surface area contributed by atoms with E-state index in [1.54, 1.807) is 6.08 Å². The summed E-state index contributed by atoms with van der Waals surface area (Å²) in [5.41, 5.74) is 0.971. The molecule has 6 nitrogen and oxygen atoms in total. The number of carboxylic acid groups (broad SMARTS) is 1. The first-order chi connectivity index (χ1) is 7.83. The van der Waals surface area contributed by atoms with Gasteiger partial charge >= 0.3 is 5.97 Å². The fourth-order valence-electron chi connectivity index (χ4n) is 1.01. The predicted octanol–water partition coefficient (Wildman–Crippen LogP) is 1.22. The summed E-state index contributed by atoms with van der Waals surface area (Å²) in [6.45, 7) is 3.81. The standard InChI is InChI=1S/C10H13NO5S/c1-7(2)5-6-11-17(14,15)9-4-3-8(16-9)10(12)13/h3-5,11H,6H2,1-2H3,(H,12,13). The molecule has 94 valence electrons. The van der Waals surface area contributed by atoms with Gasteiger partial charge in [0.2, 0.25) is 10.9 Å². The number of rotatable bonds is 5. The molecule has 1 rings (SSSR count). The van der Waals surface area contributed by atoms with Crippen molar-refractivity contribution in [1.29, 1.82) is 0 Å². The predicted molar refractivity (Wildman–Crippen MR) is 60.3 cm³/mol. The van der Waals surface area contributed by atoms with Gasteiger partial charge in [0.25, 0.3) is 10.0 Å². The Bertz CT molecular complexity index is 537. The van der Waals surface area contributed by atoms with Crippen molar-refractivity contribution >= 4 is 16.0 Å². The van der Waals surface area contributed by atoms with Gasteiger partial charge in [0, 0.05) is 6.54 Å². The lowest BCUT2D eigenvalue weighted by Gasteiger charge is -2.00. The number of hydrogen-bond donors (Lipinski definition) is 2. The molecular weight excluding hydrogens is 246 g/mol. The Labute approximate surface area is 99.0 Å². The van der Waals surface area contributed by atoms with Crippen LogP contribution in [0.1, 0.15) is 24.4 Å². The Kier molecular flexibility index (Phi) is 4.08. The number of carboxylic acids is 1. The van der Waals surface area contributed by atoms with E-state index in [1.807, 2.05) is 13.8 Å². The van der Waals surface area contributed by atoms with E-state index >= 15 is 0 Å². The molecule has 0 spiro atoms. The van der Waals surface area contributed by atoms with Crippen LogP contribution in [0, 0.1) is 0 Å². The van der Waals surface area contributed by atoms with Crippen molar-refractivity contribution in [2.24, 2.45) is 0 Å². The summed E-state index contributed by atoms with van der Waals surface area (Å²) in [6.07, 6.45) is 1.69. The minimum atomic E-state index is -3.79. The minimum absolute atomic E-state index is 0.133. The molecule has 1 aromatic heterocycles. The van der Waals surface area contributed by atoms with Crippen LogP contribution in [-0.2, 0) is 10.0 Å². The van der Waals surface area contributed by atoms with E-state index in [2.05, 4.69) is 4.72 Å². The summed E-state index contributed by atoms with van der Waals surface area (Å²) in [4.78, 5) is 10.5. The molecule has 0 atom stereocenters. The molecular formula is C10H13NO5S. The smallest absolute Gasteiger partial charge is 0.371 e. The van der Waals surface area contributed by atoms with Crippen LogP contribution in [0.3, 0.4) is 0 Å². The monoisotopic (exact) mass is 259 g/mol. The molecule has 0 aliphatic heterocycles. The van der Waals surface area contributed by atoms with Crippen LogP contribution >= 0.6 is 0 Å². The van der Waals surface area contributed by atoms with E-state index in [-0.39, 0.29) is 6.54 Å². The molecule has 0 aromatic carbocycles. The van der Waals surface area contributed by atoms with Gasteiger partial charge in [-0.15, -0.1) is 0 Å². The van der Waals surface area contributed by atoms with E-state index in [0.29, 0.717) is 0 Å². The van der Waals surface area contributed by atoms with Gasteiger partial charge in [0.05, 0.1) is 0 Å². The van der Waals surface area contributed by atoms with Crippen molar-refractivity contribution < 1.29 is 22.7 Å². The van der Waals surface area contributed by atoms with Gasteiger partial charge in [-0.3, -0.25) is 0 Å². The lowest BCUT2D eigenvalue weighted by molar-refractivity contribution is 0.0656. The molecule has 2 N–H and O–H groups in total. The zero-order valence-corrected chi connectivity index (χ0v) is 10.2. The number of furan rings is 1. The van der Waals surface area contributed by atoms with Gasteiger partial charge in [0.15, 0.2) is 0 Å². The maximum Gasteiger partial charge on any atom is 0.371 e. The van der Waals surface area contributed by atoms with Gasteiger partial charge in [-0.05, 0) is 26.0 Å². The first-order valence-corrected chi connectivity index (χ1v) is 6.27. The van der Waals surface area contributed by atoms with E-state index in [0.717, 1.165) is 17.7 Å². The molecule has 0 saturated carbocycles. The Morgan fingerprint density at radius 3 is 2.59 bits per heavy atom. The maximum atomic E-state index is 11.6. The zero-order valence-electron chi connectivity index (χ0n) is 9.43. The fraction of sp³-hybridized carbons (Fsp3) is 0.300. The summed E-state index contributed by atoms with van der Waals surface area (Å²) in [5, 5.41) is 8.19. The second kappa shape index (κ2) is 5.15. The number of nitrogens with one attached hydrogen (secondary N) is 1. The van der Waals surface area contributed by atoms with Crippen LogP contribution in [0.15, 0.2) is 33.3 Å². The second-order valence-electron chi connectivity index (χ2n) is 3.56. The van der Waals surface area contributed by atoms with Crippen LogP contribution in [0.4, 0.5) is 0 Å². The van der Waals surface area contributed by atoms with Crippen molar-refractivity contribution in [3.05, 3.63) is 29.5 Å². The molecule has 0 radical (unpaired) electrons. The van der Waals surface area contributed by atoms with E-state index in [4.69, 9.17) is 9.52 Å². The highest BCUT2D eigenvalue weighted by molar-refractivity contribution is 7.89. The zero-order chi connectivity index (χ0) is 13.1. The molecule has 1 heterocycles. The Balaban J connectivity index is 2.82. The highest BCUT2D eigenvalue weighted by atomic mass is 32.2. The van der Waals surface area contributed by atoms with Crippen LogP contribution in [0.5, 0.6) is 0 Å². The number of hydrogen-bond acceptors (Lipinski definition) is 4. The number of allylic oxidation sites excluding steroid dienone is 1. The van der Waals surface area contributed by atoms with Crippen molar-refractivity contribution in [3.63, 3.8) is 0 Å². The number of carbonyl (C=O) groups is 1. The molecule has 0 unspecified atom stereocenters. The molecule has 0 amide bonds. The first-order valence-electron chi connectivity index (χ1n) is 4.79. The molecule has 17 heavy (non-hydrogen) atoms. The van der Waals surface area contributed by atoms with Gasteiger partial charge < -0.3 is 9.52 Å². The molecule has 0 fully saturated rings. The van der Waals surface area contributed by atoms with E-state index < -0.39 is 26.8 Å². The quantitative estimate of drug-likeness (QED) is 0.775. The Hall–Kier alpha value is -1.60. The summed E-state index contributed by atoms with van der Waals surface area (Å²) in [7, 11) is -3.79. The normalized spacial score (nSPS) is 11.2. The van der Waals surface area contributed by atoms with Gasteiger partial charge in [-0.1, -0.05) is 11.6 Å². The summed E-state index contributed by atoms with van der Waals surface area (Å²) < 4.78 is 30.2.